The monoisotopic (exact) mass is 317 g/mol. The van der Waals surface area contributed by atoms with Crippen molar-refractivity contribution in [1.29, 1.82) is 0 Å². The average Bonchev–Trinajstić information content (AvgIpc) is 2.39. The molecule has 20 heavy (non-hydrogen) atoms. The van der Waals surface area contributed by atoms with Gasteiger partial charge in [-0.3, -0.25) is 14.1 Å². The van der Waals surface area contributed by atoms with Gasteiger partial charge in [0.05, 0.1) is 13.2 Å². The van der Waals surface area contributed by atoms with Crippen LogP contribution in [-0.2, 0) is 23.4 Å². The zero-order valence-corrected chi connectivity index (χ0v) is 11.0. The minimum atomic E-state index is -4.87. The lowest BCUT2D eigenvalue weighted by Gasteiger charge is -2.26. The van der Waals surface area contributed by atoms with Crippen LogP contribution in [-0.4, -0.2) is 74.9 Å². The first-order valence-electron chi connectivity index (χ1n) is 5.21. The zero-order valence-electron chi connectivity index (χ0n) is 10.1. The van der Waals surface area contributed by atoms with Gasteiger partial charge in [-0.2, -0.15) is 0 Å². The summed E-state index contributed by atoms with van der Waals surface area (Å²) in [5, 5.41) is 28.3. The minimum absolute atomic E-state index is 0.00198. The number of hydrogen-bond acceptors (Lipinski definition) is 9. The lowest BCUT2D eigenvalue weighted by atomic mass is 10.0. The largest absolute Gasteiger partial charge is 0.469 e. The molecule has 0 rings (SSSR count). The van der Waals surface area contributed by atoms with Gasteiger partial charge in [-0.1, -0.05) is 0 Å². The molecule has 0 saturated heterocycles. The standard InChI is InChI=1S/C8H16NO10P/c9-1-6(12)19-5(2-10)8(14)7(13)4(11)3-18-20(15,16)17/h2,4-5,7-8,11,13-14H,1,3,9H2,(H2,15,16,17)/t4-,5+,7-,8-/m1/s1. The van der Waals surface area contributed by atoms with Crippen LogP contribution in [0, 0.1) is 0 Å². The van der Waals surface area contributed by atoms with E-state index in [-0.39, 0.29) is 6.29 Å². The van der Waals surface area contributed by atoms with Crippen LogP contribution in [0.3, 0.4) is 0 Å². The lowest BCUT2D eigenvalue weighted by Crippen LogP contribution is -2.48. The van der Waals surface area contributed by atoms with Crippen LogP contribution in [0.2, 0.25) is 0 Å². The first-order valence-corrected chi connectivity index (χ1v) is 6.74. The molecule has 0 unspecified atom stereocenters. The van der Waals surface area contributed by atoms with E-state index in [2.05, 4.69) is 9.26 Å². The van der Waals surface area contributed by atoms with Crippen molar-refractivity contribution in [3.8, 4) is 0 Å². The Labute approximate surface area is 113 Å². The molecule has 0 aliphatic heterocycles. The van der Waals surface area contributed by atoms with Crippen LogP contribution in [0.15, 0.2) is 0 Å². The number of aliphatic hydroxyl groups excluding tert-OH is 3. The molecular formula is C8H16NO10P. The number of aliphatic hydroxyl groups is 3. The maximum Gasteiger partial charge on any atom is 0.469 e. The summed E-state index contributed by atoms with van der Waals surface area (Å²) in [4.78, 5) is 38.2. The van der Waals surface area contributed by atoms with Crippen LogP contribution < -0.4 is 5.73 Å². The summed E-state index contributed by atoms with van der Waals surface area (Å²) in [6.45, 7) is -1.59. The van der Waals surface area contributed by atoms with E-state index in [0.717, 1.165) is 0 Å². The molecule has 0 saturated carbocycles. The molecule has 4 atom stereocenters. The summed E-state index contributed by atoms with van der Waals surface area (Å²) < 4.78 is 18.7. The number of carbonyl (C=O) groups excluding carboxylic acids is 2. The molecule has 12 heteroatoms. The van der Waals surface area contributed by atoms with Gasteiger partial charge in [0.1, 0.15) is 18.3 Å². The third-order valence-electron chi connectivity index (χ3n) is 2.06. The van der Waals surface area contributed by atoms with Gasteiger partial charge >= 0.3 is 13.8 Å². The molecule has 0 aromatic rings. The predicted octanol–water partition coefficient (Wildman–Crippen LogP) is -3.75. The topological polar surface area (TPSA) is 197 Å². The fourth-order valence-corrected chi connectivity index (χ4v) is 1.42. The molecule has 0 heterocycles. The van der Waals surface area contributed by atoms with Crippen molar-refractivity contribution in [2.75, 3.05) is 13.2 Å². The van der Waals surface area contributed by atoms with Crippen molar-refractivity contribution in [1.82, 2.24) is 0 Å². The quantitative estimate of drug-likeness (QED) is 0.139. The molecule has 0 aromatic carbocycles. The number of phosphoric ester groups is 1. The maximum absolute atomic E-state index is 10.8. The number of phosphoric acid groups is 1. The number of nitrogens with two attached hydrogens (primary N) is 1. The molecule has 0 aliphatic carbocycles. The second kappa shape index (κ2) is 8.39. The van der Waals surface area contributed by atoms with Gasteiger partial charge in [0, 0.05) is 0 Å². The highest BCUT2D eigenvalue weighted by molar-refractivity contribution is 7.46. The van der Waals surface area contributed by atoms with E-state index in [0.29, 0.717) is 0 Å². The van der Waals surface area contributed by atoms with Gasteiger partial charge in [-0.25, -0.2) is 4.57 Å². The molecule has 0 fully saturated rings. The Kier molecular flexibility index (Phi) is 8.01. The van der Waals surface area contributed by atoms with Gasteiger partial charge in [0.15, 0.2) is 12.4 Å². The van der Waals surface area contributed by atoms with E-state index in [1.165, 1.54) is 0 Å². The summed E-state index contributed by atoms with van der Waals surface area (Å²) in [5.74, 6) is -1.03. The highest BCUT2D eigenvalue weighted by atomic mass is 31.2. The van der Waals surface area contributed by atoms with Crippen LogP contribution in [0.4, 0.5) is 0 Å². The number of esters is 1. The molecule has 0 aromatic heterocycles. The van der Waals surface area contributed by atoms with Gasteiger partial charge < -0.3 is 35.6 Å². The normalized spacial score (nSPS) is 17.9. The molecule has 11 nitrogen and oxygen atoms in total. The van der Waals surface area contributed by atoms with Crippen LogP contribution in [0.25, 0.3) is 0 Å². The Morgan fingerprint density at radius 3 is 2.20 bits per heavy atom. The van der Waals surface area contributed by atoms with E-state index in [4.69, 9.17) is 15.5 Å². The Morgan fingerprint density at radius 2 is 1.80 bits per heavy atom. The lowest BCUT2D eigenvalue weighted by molar-refractivity contribution is -0.166. The van der Waals surface area contributed by atoms with E-state index in [1.54, 1.807) is 0 Å². The van der Waals surface area contributed by atoms with Gasteiger partial charge in [-0.15, -0.1) is 0 Å². The average molecular weight is 317 g/mol. The van der Waals surface area contributed by atoms with E-state index in [1.807, 2.05) is 0 Å². The van der Waals surface area contributed by atoms with Crippen molar-refractivity contribution in [2.24, 2.45) is 5.73 Å². The fraction of sp³-hybridized carbons (Fsp3) is 0.750. The Balaban J connectivity index is 4.55. The second-order valence-electron chi connectivity index (χ2n) is 3.63. The predicted molar refractivity (Wildman–Crippen MR) is 61.0 cm³/mol. The van der Waals surface area contributed by atoms with E-state index < -0.39 is 51.4 Å². The third kappa shape index (κ3) is 7.03. The smallest absolute Gasteiger partial charge is 0.451 e. The molecule has 0 aliphatic rings. The highest BCUT2D eigenvalue weighted by Gasteiger charge is 2.34. The van der Waals surface area contributed by atoms with E-state index >= 15 is 0 Å². The van der Waals surface area contributed by atoms with Crippen molar-refractivity contribution in [3.63, 3.8) is 0 Å². The Hall–Kier alpha value is -0.910. The third-order valence-corrected chi connectivity index (χ3v) is 2.55. The highest BCUT2D eigenvalue weighted by Crippen LogP contribution is 2.35. The van der Waals surface area contributed by atoms with Crippen LogP contribution in [0.5, 0.6) is 0 Å². The molecule has 0 bridgehead atoms. The fourth-order valence-electron chi connectivity index (χ4n) is 1.07. The molecular weight excluding hydrogens is 301 g/mol. The minimum Gasteiger partial charge on any atom is -0.451 e. The number of ether oxygens (including phenoxy) is 1. The first kappa shape index (κ1) is 19.1. The number of aldehydes is 1. The van der Waals surface area contributed by atoms with Crippen molar-refractivity contribution in [3.05, 3.63) is 0 Å². The van der Waals surface area contributed by atoms with Crippen molar-refractivity contribution >= 4 is 20.1 Å². The van der Waals surface area contributed by atoms with Crippen molar-refractivity contribution < 1.29 is 48.5 Å². The van der Waals surface area contributed by atoms with Crippen molar-refractivity contribution in [2.45, 2.75) is 24.4 Å². The zero-order chi connectivity index (χ0) is 15.9. The Morgan fingerprint density at radius 1 is 1.25 bits per heavy atom. The molecule has 0 spiro atoms. The molecule has 0 radical (unpaired) electrons. The maximum atomic E-state index is 10.8. The number of hydrogen-bond donors (Lipinski definition) is 6. The molecule has 0 amide bonds. The Bertz CT molecular complexity index is 370. The summed E-state index contributed by atoms with van der Waals surface area (Å²) in [5.41, 5.74) is 4.92. The molecule has 118 valence electrons. The van der Waals surface area contributed by atoms with Gasteiger partial charge in [0.25, 0.3) is 0 Å². The summed E-state index contributed by atoms with van der Waals surface area (Å²) in [6.07, 6.45) is -7.82. The second-order valence-corrected chi connectivity index (χ2v) is 4.87. The van der Waals surface area contributed by atoms with Gasteiger partial charge in [0.2, 0.25) is 0 Å². The van der Waals surface area contributed by atoms with Gasteiger partial charge in [-0.05, 0) is 0 Å². The molecule has 7 N–H and O–H groups in total. The van der Waals surface area contributed by atoms with E-state index in [9.17, 15) is 29.5 Å². The summed E-state index contributed by atoms with van der Waals surface area (Å²) >= 11 is 0. The SMILES string of the molecule is NCC(=O)O[C@@H](C=O)[C@@H](O)[C@H](O)[C@H](O)COP(=O)(O)O. The van der Waals surface area contributed by atoms with Crippen LogP contribution in [0.1, 0.15) is 0 Å². The summed E-state index contributed by atoms with van der Waals surface area (Å²) in [7, 11) is -4.87. The number of carbonyl (C=O) groups is 2. The van der Waals surface area contributed by atoms with Crippen LogP contribution >= 0.6 is 7.82 Å². The first-order chi connectivity index (χ1) is 9.12. The number of rotatable bonds is 9. The summed E-state index contributed by atoms with van der Waals surface area (Å²) in [6, 6.07) is 0.